The number of nitrogen functional groups attached to an aromatic ring is 1. The van der Waals surface area contributed by atoms with Gasteiger partial charge < -0.3 is 0 Å². The molecule has 6 nitrogen and oxygen atoms in total. The summed E-state index contributed by atoms with van der Waals surface area (Å²) in [5.41, 5.74) is 3.12. The first kappa shape index (κ1) is 10.5. The molecule has 86 valence electrons. The SMILES string of the molecule is NNc1nc(Sc2cccs2)c2cn[nH]c2n1. The Morgan fingerprint density at radius 1 is 1.41 bits per heavy atom. The predicted octanol–water partition coefficient (Wildman–Crippen LogP) is 1.85. The fourth-order valence-electron chi connectivity index (χ4n) is 1.37. The van der Waals surface area contributed by atoms with Crippen molar-refractivity contribution in [3.8, 4) is 0 Å². The van der Waals surface area contributed by atoms with Crippen molar-refractivity contribution >= 4 is 40.1 Å². The maximum Gasteiger partial charge on any atom is 0.240 e. The van der Waals surface area contributed by atoms with Crippen LogP contribution in [0.1, 0.15) is 0 Å². The Labute approximate surface area is 105 Å². The van der Waals surface area contributed by atoms with Gasteiger partial charge in [0.25, 0.3) is 0 Å². The van der Waals surface area contributed by atoms with E-state index in [0.29, 0.717) is 11.6 Å². The number of thiophene rings is 1. The molecule has 17 heavy (non-hydrogen) atoms. The van der Waals surface area contributed by atoms with E-state index in [2.05, 4.69) is 25.6 Å². The zero-order chi connectivity index (χ0) is 11.7. The summed E-state index contributed by atoms with van der Waals surface area (Å²) in [5, 5.41) is 10.5. The van der Waals surface area contributed by atoms with Crippen molar-refractivity contribution in [1.29, 1.82) is 0 Å². The van der Waals surface area contributed by atoms with Crippen molar-refractivity contribution < 1.29 is 0 Å². The molecule has 0 saturated heterocycles. The third-order valence-electron chi connectivity index (χ3n) is 2.10. The van der Waals surface area contributed by atoms with Gasteiger partial charge in [0, 0.05) is 0 Å². The fraction of sp³-hybridized carbons (Fsp3) is 0. The van der Waals surface area contributed by atoms with Gasteiger partial charge in [-0.25, -0.2) is 10.8 Å². The lowest BCUT2D eigenvalue weighted by molar-refractivity contribution is 1.05. The topological polar surface area (TPSA) is 92.5 Å². The highest BCUT2D eigenvalue weighted by Gasteiger charge is 2.10. The van der Waals surface area contributed by atoms with E-state index in [1.54, 1.807) is 29.3 Å². The van der Waals surface area contributed by atoms with Crippen molar-refractivity contribution in [2.75, 3.05) is 5.43 Å². The van der Waals surface area contributed by atoms with Crippen molar-refractivity contribution in [3.05, 3.63) is 23.7 Å². The molecule has 3 aromatic heterocycles. The number of aromatic nitrogens is 4. The maximum atomic E-state index is 5.34. The highest BCUT2D eigenvalue weighted by Crippen LogP contribution is 2.34. The van der Waals surface area contributed by atoms with Crippen molar-refractivity contribution in [1.82, 2.24) is 20.2 Å². The van der Waals surface area contributed by atoms with Gasteiger partial charge in [-0.2, -0.15) is 10.1 Å². The van der Waals surface area contributed by atoms with Crippen LogP contribution >= 0.6 is 23.1 Å². The van der Waals surface area contributed by atoms with Gasteiger partial charge in [-0.15, -0.1) is 11.3 Å². The highest BCUT2D eigenvalue weighted by atomic mass is 32.2. The number of nitrogens with two attached hydrogens (primary N) is 1. The summed E-state index contributed by atoms with van der Waals surface area (Å²) >= 11 is 3.23. The van der Waals surface area contributed by atoms with E-state index in [-0.39, 0.29) is 0 Å². The number of hydrogen-bond donors (Lipinski definition) is 3. The smallest absolute Gasteiger partial charge is 0.240 e. The first-order chi connectivity index (χ1) is 8.36. The standard InChI is InChI=1S/C9H8N6S2/c10-14-9-12-7-5(4-11-15-7)8(13-9)17-6-2-1-3-16-6/h1-4H,10H2,(H2,11,12,13,14,15). The van der Waals surface area contributed by atoms with Gasteiger partial charge in [0.1, 0.15) is 5.03 Å². The highest BCUT2D eigenvalue weighted by molar-refractivity contribution is 8.01. The second-order valence-electron chi connectivity index (χ2n) is 3.16. The summed E-state index contributed by atoms with van der Waals surface area (Å²) < 4.78 is 1.16. The Bertz CT molecular complexity index is 632. The lowest BCUT2D eigenvalue weighted by atomic mass is 10.4. The Kier molecular flexibility index (Phi) is 2.67. The number of nitrogens with zero attached hydrogens (tertiary/aromatic N) is 3. The third kappa shape index (κ3) is 1.97. The molecule has 0 aliphatic carbocycles. The summed E-state index contributed by atoms with van der Waals surface area (Å²) in [7, 11) is 0. The first-order valence-corrected chi connectivity index (χ1v) is 6.45. The lowest BCUT2D eigenvalue weighted by Gasteiger charge is -2.02. The molecule has 0 spiro atoms. The van der Waals surface area contributed by atoms with Gasteiger partial charge in [0.05, 0.1) is 15.8 Å². The molecule has 0 aromatic carbocycles. The van der Waals surface area contributed by atoms with Crippen LogP contribution in [0.5, 0.6) is 0 Å². The summed E-state index contributed by atoms with van der Waals surface area (Å²) in [4.78, 5) is 8.50. The number of rotatable bonds is 3. The van der Waals surface area contributed by atoms with Crippen LogP contribution in [0.15, 0.2) is 32.9 Å². The number of H-pyrrole nitrogens is 1. The van der Waals surface area contributed by atoms with E-state index in [1.165, 1.54) is 0 Å². The molecular weight excluding hydrogens is 256 g/mol. The summed E-state index contributed by atoms with van der Waals surface area (Å²) in [6.07, 6.45) is 1.71. The first-order valence-electron chi connectivity index (χ1n) is 4.76. The van der Waals surface area contributed by atoms with Crippen LogP contribution in [-0.4, -0.2) is 20.2 Å². The number of fused-ring (bicyclic) bond motifs is 1. The molecular formula is C9H8N6S2. The molecule has 0 aliphatic rings. The average molecular weight is 264 g/mol. The molecule has 0 radical (unpaired) electrons. The molecule has 0 bridgehead atoms. The number of aromatic amines is 1. The Hall–Kier alpha value is -1.64. The maximum absolute atomic E-state index is 5.34. The van der Waals surface area contributed by atoms with Gasteiger partial charge in [0.15, 0.2) is 5.65 Å². The van der Waals surface area contributed by atoms with Crippen LogP contribution < -0.4 is 11.3 Å². The van der Waals surface area contributed by atoms with Crippen LogP contribution in [0.4, 0.5) is 5.95 Å². The predicted molar refractivity (Wildman–Crippen MR) is 67.9 cm³/mol. The molecule has 4 N–H and O–H groups in total. The molecule has 3 rings (SSSR count). The zero-order valence-electron chi connectivity index (χ0n) is 8.54. The van der Waals surface area contributed by atoms with Gasteiger partial charge in [-0.05, 0) is 11.4 Å². The minimum absolute atomic E-state index is 0.376. The Morgan fingerprint density at radius 3 is 3.12 bits per heavy atom. The minimum Gasteiger partial charge on any atom is -0.292 e. The summed E-state index contributed by atoms with van der Waals surface area (Å²) in [6, 6.07) is 4.04. The molecule has 0 fully saturated rings. The number of nitrogens with one attached hydrogen (secondary N) is 2. The quantitative estimate of drug-likeness (QED) is 0.380. The summed E-state index contributed by atoms with van der Waals surface area (Å²) in [5.74, 6) is 5.71. The van der Waals surface area contributed by atoms with E-state index < -0.39 is 0 Å². The van der Waals surface area contributed by atoms with Crippen LogP contribution in [0, 0.1) is 0 Å². The molecule has 0 atom stereocenters. The van der Waals surface area contributed by atoms with E-state index in [9.17, 15) is 0 Å². The fourth-order valence-corrected chi connectivity index (χ4v) is 3.14. The number of hydrazine groups is 1. The monoisotopic (exact) mass is 264 g/mol. The lowest BCUT2D eigenvalue weighted by Crippen LogP contribution is -2.10. The minimum atomic E-state index is 0.376. The van der Waals surface area contributed by atoms with Gasteiger partial charge >= 0.3 is 0 Å². The van der Waals surface area contributed by atoms with Crippen LogP contribution in [0.25, 0.3) is 11.0 Å². The van der Waals surface area contributed by atoms with Crippen molar-refractivity contribution in [3.63, 3.8) is 0 Å². The molecule has 0 saturated carbocycles. The molecule has 0 amide bonds. The van der Waals surface area contributed by atoms with Crippen LogP contribution in [0.2, 0.25) is 0 Å². The molecule has 8 heteroatoms. The van der Waals surface area contributed by atoms with Gasteiger partial charge in [0.2, 0.25) is 5.95 Å². The number of hydrogen-bond acceptors (Lipinski definition) is 7. The second kappa shape index (κ2) is 4.32. The molecule has 0 unspecified atom stereocenters. The molecule has 3 aromatic rings. The van der Waals surface area contributed by atoms with Crippen molar-refractivity contribution in [2.24, 2.45) is 5.84 Å². The van der Waals surface area contributed by atoms with Crippen LogP contribution in [0.3, 0.4) is 0 Å². The normalized spacial score (nSPS) is 10.9. The van der Waals surface area contributed by atoms with E-state index in [0.717, 1.165) is 14.6 Å². The third-order valence-corrected chi connectivity index (χ3v) is 4.14. The van der Waals surface area contributed by atoms with Crippen LogP contribution in [-0.2, 0) is 0 Å². The Morgan fingerprint density at radius 2 is 2.35 bits per heavy atom. The second-order valence-corrected chi connectivity index (χ2v) is 5.40. The van der Waals surface area contributed by atoms with Gasteiger partial charge in [-0.1, -0.05) is 17.8 Å². The summed E-state index contributed by atoms with van der Waals surface area (Å²) in [6.45, 7) is 0. The van der Waals surface area contributed by atoms with Crippen molar-refractivity contribution in [2.45, 2.75) is 9.24 Å². The van der Waals surface area contributed by atoms with E-state index >= 15 is 0 Å². The zero-order valence-corrected chi connectivity index (χ0v) is 10.2. The Balaban J connectivity index is 2.10. The van der Waals surface area contributed by atoms with E-state index in [4.69, 9.17) is 5.84 Å². The van der Waals surface area contributed by atoms with E-state index in [1.807, 2.05) is 17.5 Å². The molecule has 3 heterocycles. The largest absolute Gasteiger partial charge is 0.292 e. The van der Waals surface area contributed by atoms with Gasteiger partial charge in [-0.3, -0.25) is 10.5 Å². The average Bonchev–Trinajstić information content (AvgIpc) is 2.98. The molecule has 0 aliphatic heterocycles. The number of anilines is 1.